The van der Waals surface area contributed by atoms with Crippen molar-refractivity contribution < 1.29 is 30.8 Å². The molecule has 2 amide bonds. The normalized spacial score (nSPS) is 11.8. The Morgan fingerprint density at radius 3 is 2.27 bits per heavy atom. The minimum absolute atomic E-state index is 0.0412. The molecular formula is C22H17ClF4N2O3S. The molecule has 0 unspecified atom stereocenters. The van der Waals surface area contributed by atoms with Crippen LogP contribution in [0.4, 0.5) is 33.7 Å². The van der Waals surface area contributed by atoms with Gasteiger partial charge in [0.05, 0.1) is 21.9 Å². The van der Waals surface area contributed by atoms with Crippen LogP contribution < -0.4 is 10.6 Å². The molecule has 0 spiro atoms. The Balaban J connectivity index is 1.80. The Morgan fingerprint density at radius 2 is 1.64 bits per heavy atom. The maximum Gasteiger partial charge on any atom is 0.416 e. The van der Waals surface area contributed by atoms with E-state index < -0.39 is 39.1 Å². The number of urea groups is 1. The molecule has 11 heteroatoms. The number of aryl methyl sites for hydroxylation is 1. The first-order valence-electron chi connectivity index (χ1n) is 9.38. The van der Waals surface area contributed by atoms with Crippen molar-refractivity contribution in [3.8, 4) is 0 Å². The Bertz CT molecular complexity index is 1290. The third-order valence-electron chi connectivity index (χ3n) is 4.59. The number of hydrogen-bond donors (Lipinski definition) is 2. The quantitative estimate of drug-likeness (QED) is 0.397. The molecule has 0 saturated carbocycles. The lowest BCUT2D eigenvalue weighted by Crippen LogP contribution is -2.21. The van der Waals surface area contributed by atoms with Crippen molar-refractivity contribution in [3.05, 3.63) is 88.2 Å². The molecule has 174 valence electrons. The standard InChI is InChI=1S/C22H17ClF4N2O3S/c1-13-2-8-17(11-20(13)33(31,32)12-14-3-6-16(23)7-4-14)28-21(30)29-19-10-15(22(25,26)27)5-9-18(19)24/h2-11H,12H2,1H3,(H2,28,29,30). The van der Waals surface area contributed by atoms with Crippen LogP contribution in [0.1, 0.15) is 16.7 Å². The number of alkyl halides is 3. The van der Waals surface area contributed by atoms with Gasteiger partial charge in [-0.1, -0.05) is 29.8 Å². The zero-order chi connectivity index (χ0) is 24.4. The molecule has 2 N–H and O–H groups in total. The van der Waals surface area contributed by atoms with Crippen molar-refractivity contribution in [1.29, 1.82) is 0 Å². The van der Waals surface area contributed by atoms with Crippen molar-refractivity contribution >= 4 is 38.8 Å². The summed E-state index contributed by atoms with van der Waals surface area (Å²) in [6.45, 7) is 1.58. The highest BCUT2D eigenvalue weighted by Crippen LogP contribution is 2.32. The number of hydrogen-bond acceptors (Lipinski definition) is 3. The first kappa shape index (κ1) is 24.5. The van der Waals surface area contributed by atoms with E-state index in [1.807, 2.05) is 5.32 Å². The fourth-order valence-corrected chi connectivity index (χ4v) is 4.75. The van der Waals surface area contributed by atoms with E-state index in [0.717, 1.165) is 0 Å². The van der Waals surface area contributed by atoms with Gasteiger partial charge in [-0.05, 0) is 60.5 Å². The van der Waals surface area contributed by atoms with E-state index >= 15 is 0 Å². The van der Waals surface area contributed by atoms with Gasteiger partial charge in [0.25, 0.3) is 0 Å². The minimum Gasteiger partial charge on any atom is -0.308 e. The molecule has 0 bridgehead atoms. The summed E-state index contributed by atoms with van der Waals surface area (Å²) in [5, 5.41) is 4.77. The Labute approximate surface area is 192 Å². The highest BCUT2D eigenvalue weighted by Gasteiger charge is 2.31. The fourth-order valence-electron chi connectivity index (χ4n) is 2.97. The van der Waals surface area contributed by atoms with Gasteiger partial charge in [0, 0.05) is 10.7 Å². The molecule has 0 saturated heterocycles. The van der Waals surface area contributed by atoms with Gasteiger partial charge in [-0.2, -0.15) is 13.2 Å². The summed E-state index contributed by atoms with van der Waals surface area (Å²) in [6.07, 6.45) is -4.72. The summed E-state index contributed by atoms with van der Waals surface area (Å²) in [7, 11) is -3.80. The van der Waals surface area contributed by atoms with Gasteiger partial charge in [0.2, 0.25) is 0 Å². The van der Waals surface area contributed by atoms with Gasteiger partial charge >= 0.3 is 12.2 Å². The van der Waals surface area contributed by atoms with Crippen LogP contribution in [0.5, 0.6) is 0 Å². The number of sulfone groups is 1. The number of halogens is 5. The molecule has 0 aromatic heterocycles. The average molecular weight is 501 g/mol. The number of carbonyl (C=O) groups is 1. The van der Waals surface area contributed by atoms with Gasteiger partial charge in [-0.15, -0.1) is 0 Å². The summed E-state index contributed by atoms with van der Waals surface area (Å²) < 4.78 is 78.2. The van der Waals surface area contributed by atoms with Crippen LogP contribution in [0.15, 0.2) is 65.6 Å². The highest BCUT2D eigenvalue weighted by molar-refractivity contribution is 7.90. The Morgan fingerprint density at radius 1 is 0.970 bits per heavy atom. The number of nitrogens with one attached hydrogen (secondary N) is 2. The van der Waals surface area contributed by atoms with E-state index in [-0.39, 0.29) is 16.3 Å². The lowest BCUT2D eigenvalue weighted by Gasteiger charge is -2.13. The molecule has 0 aliphatic heterocycles. The SMILES string of the molecule is Cc1ccc(NC(=O)Nc2cc(C(F)(F)F)ccc2F)cc1S(=O)(=O)Cc1ccc(Cl)cc1. The molecule has 3 aromatic rings. The lowest BCUT2D eigenvalue weighted by molar-refractivity contribution is -0.137. The smallest absolute Gasteiger partial charge is 0.308 e. The highest BCUT2D eigenvalue weighted by atomic mass is 35.5. The Kier molecular flexibility index (Phi) is 6.99. The molecule has 0 atom stereocenters. The largest absolute Gasteiger partial charge is 0.416 e. The molecule has 0 heterocycles. The van der Waals surface area contributed by atoms with Crippen LogP contribution >= 0.6 is 11.6 Å². The topological polar surface area (TPSA) is 75.3 Å². The van der Waals surface area contributed by atoms with Crippen LogP contribution in [-0.2, 0) is 21.8 Å². The second-order valence-electron chi connectivity index (χ2n) is 7.14. The van der Waals surface area contributed by atoms with E-state index in [0.29, 0.717) is 34.3 Å². The third kappa shape index (κ3) is 6.23. The molecule has 0 fully saturated rings. The molecule has 5 nitrogen and oxygen atoms in total. The predicted molar refractivity (Wildman–Crippen MR) is 118 cm³/mol. The summed E-state index contributed by atoms with van der Waals surface area (Å²) in [5.41, 5.74) is -0.816. The van der Waals surface area contributed by atoms with E-state index in [4.69, 9.17) is 11.6 Å². The fraction of sp³-hybridized carbons (Fsp3) is 0.136. The van der Waals surface area contributed by atoms with Crippen LogP contribution in [0.25, 0.3) is 0 Å². The minimum atomic E-state index is -4.72. The molecule has 3 rings (SSSR count). The van der Waals surface area contributed by atoms with Crippen molar-refractivity contribution in [2.75, 3.05) is 10.6 Å². The first-order chi connectivity index (χ1) is 15.3. The Hall–Kier alpha value is -3.11. The monoisotopic (exact) mass is 500 g/mol. The van der Waals surface area contributed by atoms with Crippen molar-refractivity contribution in [2.24, 2.45) is 0 Å². The molecule has 3 aromatic carbocycles. The van der Waals surface area contributed by atoms with Gasteiger partial charge in [-0.25, -0.2) is 17.6 Å². The molecule has 0 aliphatic rings. The van der Waals surface area contributed by atoms with Crippen molar-refractivity contribution in [2.45, 2.75) is 23.7 Å². The van der Waals surface area contributed by atoms with Crippen molar-refractivity contribution in [3.63, 3.8) is 0 Å². The zero-order valence-corrected chi connectivity index (χ0v) is 18.6. The van der Waals surface area contributed by atoms with Crippen molar-refractivity contribution in [1.82, 2.24) is 0 Å². The second kappa shape index (κ2) is 9.40. The van der Waals surface area contributed by atoms with E-state index in [9.17, 15) is 30.8 Å². The van der Waals surface area contributed by atoms with Crippen LogP contribution in [0, 0.1) is 12.7 Å². The van der Waals surface area contributed by atoms with Gasteiger partial charge in [0.1, 0.15) is 5.82 Å². The summed E-state index contributed by atoms with van der Waals surface area (Å²) in [6, 6.07) is 11.0. The number of rotatable bonds is 5. The zero-order valence-electron chi connectivity index (χ0n) is 17.0. The third-order valence-corrected chi connectivity index (χ3v) is 6.67. The maximum absolute atomic E-state index is 13.9. The van der Waals surface area contributed by atoms with Crippen LogP contribution in [0.2, 0.25) is 5.02 Å². The van der Waals surface area contributed by atoms with E-state index in [1.165, 1.54) is 18.2 Å². The van der Waals surface area contributed by atoms with E-state index in [1.54, 1.807) is 31.2 Å². The predicted octanol–water partition coefficient (Wildman–Crippen LogP) is 6.42. The van der Waals surface area contributed by atoms with Crippen LogP contribution in [0.3, 0.4) is 0 Å². The lowest BCUT2D eigenvalue weighted by atomic mass is 10.2. The summed E-state index contributed by atoms with van der Waals surface area (Å²) in [5.74, 6) is -1.37. The van der Waals surface area contributed by atoms with Crippen LogP contribution in [-0.4, -0.2) is 14.4 Å². The number of amides is 2. The second-order valence-corrected chi connectivity index (χ2v) is 9.53. The summed E-state index contributed by atoms with van der Waals surface area (Å²) in [4.78, 5) is 12.2. The van der Waals surface area contributed by atoms with E-state index in [2.05, 4.69) is 5.32 Å². The van der Waals surface area contributed by atoms with Gasteiger partial charge in [-0.3, -0.25) is 0 Å². The maximum atomic E-state index is 13.9. The molecular weight excluding hydrogens is 484 g/mol. The number of anilines is 2. The van der Waals surface area contributed by atoms with Gasteiger partial charge in [0.15, 0.2) is 9.84 Å². The molecule has 0 aliphatic carbocycles. The first-order valence-corrected chi connectivity index (χ1v) is 11.4. The number of carbonyl (C=O) groups excluding carboxylic acids is 1. The number of benzene rings is 3. The average Bonchev–Trinajstić information content (AvgIpc) is 2.71. The van der Waals surface area contributed by atoms with Gasteiger partial charge < -0.3 is 10.6 Å². The molecule has 0 radical (unpaired) electrons. The summed E-state index contributed by atoms with van der Waals surface area (Å²) >= 11 is 5.82. The molecule has 33 heavy (non-hydrogen) atoms.